The lowest BCUT2D eigenvalue weighted by Gasteiger charge is -2.20. The molecule has 0 unspecified atom stereocenters. The fourth-order valence-corrected chi connectivity index (χ4v) is 2.69. The number of carbonyl (C=O) groups excluding carboxylic acids is 2. The number of carbonyl (C=O) groups is 2. The van der Waals surface area contributed by atoms with Crippen LogP contribution in [0.2, 0.25) is 0 Å². The first-order chi connectivity index (χ1) is 12.6. The highest BCUT2D eigenvalue weighted by molar-refractivity contribution is 6.10. The fourth-order valence-electron chi connectivity index (χ4n) is 2.69. The van der Waals surface area contributed by atoms with Crippen LogP contribution in [0.3, 0.4) is 0 Å². The van der Waals surface area contributed by atoms with E-state index < -0.39 is 0 Å². The molecule has 1 aliphatic rings. The summed E-state index contributed by atoms with van der Waals surface area (Å²) in [6.07, 6.45) is 1.85. The summed E-state index contributed by atoms with van der Waals surface area (Å²) in [4.78, 5) is 26.6. The summed E-state index contributed by atoms with van der Waals surface area (Å²) < 4.78 is 5.42. The highest BCUT2D eigenvalue weighted by atomic mass is 16.5. The number of nitrogens with two attached hydrogens (primary N) is 1. The molecular weight excluding hydrogens is 330 g/mol. The fraction of sp³-hybridized carbons (Fsp3) is 0.300. The number of nitrogens with zero attached hydrogens (tertiary/aromatic N) is 1. The number of para-hydroxylation sites is 1. The monoisotopic (exact) mass is 353 g/mol. The quantitative estimate of drug-likeness (QED) is 0.801. The van der Waals surface area contributed by atoms with Crippen LogP contribution in [0.15, 0.2) is 48.5 Å². The number of hydrogen-bond donors (Lipinski definition) is 2. The number of benzene rings is 2. The number of rotatable bonds is 7. The predicted molar refractivity (Wildman–Crippen MR) is 102 cm³/mol. The van der Waals surface area contributed by atoms with Crippen molar-refractivity contribution in [3.05, 3.63) is 54.1 Å². The Labute approximate surface area is 152 Å². The maximum absolute atomic E-state index is 12.7. The highest BCUT2D eigenvalue weighted by Crippen LogP contribution is 2.33. The molecule has 0 atom stereocenters. The highest BCUT2D eigenvalue weighted by Gasteiger charge is 2.33. The van der Waals surface area contributed by atoms with Gasteiger partial charge < -0.3 is 20.7 Å². The van der Waals surface area contributed by atoms with Crippen molar-refractivity contribution >= 4 is 23.2 Å². The van der Waals surface area contributed by atoms with Gasteiger partial charge in [0.1, 0.15) is 12.4 Å². The first-order valence-corrected chi connectivity index (χ1v) is 8.71. The summed E-state index contributed by atoms with van der Waals surface area (Å²) >= 11 is 0. The van der Waals surface area contributed by atoms with E-state index in [0.29, 0.717) is 35.8 Å². The molecule has 2 aromatic rings. The molecule has 0 bridgehead atoms. The van der Waals surface area contributed by atoms with Crippen LogP contribution in [-0.2, 0) is 4.79 Å². The molecule has 3 rings (SSSR count). The van der Waals surface area contributed by atoms with Crippen LogP contribution in [0.25, 0.3) is 0 Å². The van der Waals surface area contributed by atoms with Gasteiger partial charge in [-0.15, -0.1) is 0 Å². The lowest BCUT2D eigenvalue weighted by molar-refractivity contribution is -0.119. The summed E-state index contributed by atoms with van der Waals surface area (Å²) in [6, 6.07) is 14.2. The molecule has 0 saturated heterocycles. The molecular formula is C20H23N3O3. The molecule has 0 aromatic heterocycles. The summed E-state index contributed by atoms with van der Waals surface area (Å²) in [5.41, 5.74) is 7.14. The van der Waals surface area contributed by atoms with Gasteiger partial charge in [0.25, 0.3) is 5.91 Å². The molecule has 1 saturated carbocycles. The Balaban J connectivity index is 1.72. The van der Waals surface area contributed by atoms with Gasteiger partial charge in [-0.25, -0.2) is 0 Å². The smallest absolute Gasteiger partial charge is 0.257 e. The Kier molecular flexibility index (Phi) is 5.53. The molecule has 0 aliphatic heterocycles. The average molecular weight is 353 g/mol. The van der Waals surface area contributed by atoms with Gasteiger partial charge in [-0.05, 0) is 49.2 Å². The minimum atomic E-state index is -0.258. The van der Waals surface area contributed by atoms with E-state index in [2.05, 4.69) is 5.32 Å². The Bertz CT molecular complexity index is 785. The zero-order valence-electron chi connectivity index (χ0n) is 14.8. The molecule has 2 amide bonds. The van der Waals surface area contributed by atoms with E-state index >= 15 is 0 Å². The van der Waals surface area contributed by atoms with E-state index in [4.69, 9.17) is 10.5 Å². The predicted octanol–water partition coefficient (Wildman–Crippen LogP) is 2.65. The van der Waals surface area contributed by atoms with Crippen LogP contribution in [0.4, 0.5) is 11.4 Å². The molecule has 1 aliphatic carbocycles. The molecule has 6 heteroatoms. The first-order valence-electron chi connectivity index (χ1n) is 8.71. The van der Waals surface area contributed by atoms with Crippen LogP contribution in [0, 0.1) is 5.92 Å². The van der Waals surface area contributed by atoms with Crippen molar-refractivity contribution in [1.29, 1.82) is 0 Å². The minimum absolute atomic E-state index is 0.0617. The van der Waals surface area contributed by atoms with Gasteiger partial charge in [0.2, 0.25) is 5.91 Å². The number of nitrogens with one attached hydrogen (secondary N) is 1. The molecule has 26 heavy (non-hydrogen) atoms. The molecule has 1 fully saturated rings. The maximum atomic E-state index is 12.7. The lowest BCUT2D eigenvalue weighted by Crippen LogP contribution is -2.29. The standard InChI is InChI=1S/C20H23N3O3/c1-23(20(25)14-6-7-14)18-5-3-2-4-17(18)19(24)22-15-8-10-16(11-9-15)26-13-12-21/h2-5,8-11,14H,6-7,12-13,21H2,1H3,(H,22,24). The second-order valence-electron chi connectivity index (χ2n) is 6.30. The zero-order chi connectivity index (χ0) is 18.5. The van der Waals surface area contributed by atoms with Crippen LogP contribution in [-0.4, -0.2) is 32.0 Å². The first kappa shape index (κ1) is 17.9. The van der Waals surface area contributed by atoms with Crippen molar-refractivity contribution in [3.8, 4) is 5.75 Å². The molecule has 6 nitrogen and oxygen atoms in total. The molecule has 2 aromatic carbocycles. The summed E-state index contributed by atoms with van der Waals surface area (Å²) in [5, 5.41) is 2.86. The summed E-state index contributed by atoms with van der Waals surface area (Å²) in [5.74, 6) is 0.596. The van der Waals surface area contributed by atoms with Gasteiger partial charge >= 0.3 is 0 Å². The van der Waals surface area contributed by atoms with E-state index in [1.165, 1.54) is 0 Å². The number of amides is 2. The number of hydrogen-bond acceptors (Lipinski definition) is 4. The second-order valence-corrected chi connectivity index (χ2v) is 6.30. The van der Waals surface area contributed by atoms with E-state index in [1.54, 1.807) is 54.4 Å². The lowest BCUT2D eigenvalue weighted by atomic mass is 10.1. The Hall–Kier alpha value is -2.86. The van der Waals surface area contributed by atoms with Crippen LogP contribution >= 0.6 is 0 Å². The third-order valence-corrected chi connectivity index (χ3v) is 4.27. The Morgan fingerprint density at radius 2 is 1.85 bits per heavy atom. The Morgan fingerprint density at radius 3 is 2.50 bits per heavy atom. The van der Waals surface area contributed by atoms with Crippen LogP contribution in [0.1, 0.15) is 23.2 Å². The van der Waals surface area contributed by atoms with Gasteiger partial charge in [0, 0.05) is 25.2 Å². The largest absolute Gasteiger partial charge is 0.492 e. The third-order valence-electron chi connectivity index (χ3n) is 4.27. The summed E-state index contributed by atoms with van der Waals surface area (Å²) in [6.45, 7) is 0.892. The van der Waals surface area contributed by atoms with Gasteiger partial charge in [0.15, 0.2) is 0 Å². The molecule has 0 heterocycles. The second kappa shape index (κ2) is 8.01. The van der Waals surface area contributed by atoms with Gasteiger partial charge in [-0.1, -0.05) is 12.1 Å². The zero-order valence-corrected chi connectivity index (χ0v) is 14.8. The minimum Gasteiger partial charge on any atom is -0.492 e. The van der Waals surface area contributed by atoms with Gasteiger partial charge in [-0.2, -0.15) is 0 Å². The van der Waals surface area contributed by atoms with Crippen LogP contribution in [0.5, 0.6) is 5.75 Å². The van der Waals surface area contributed by atoms with E-state index in [-0.39, 0.29) is 17.7 Å². The van der Waals surface area contributed by atoms with Crippen molar-refractivity contribution in [2.45, 2.75) is 12.8 Å². The van der Waals surface area contributed by atoms with E-state index in [0.717, 1.165) is 12.8 Å². The third kappa shape index (κ3) is 4.21. The van der Waals surface area contributed by atoms with Crippen molar-refractivity contribution in [2.75, 3.05) is 30.4 Å². The van der Waals surface area contributed by atoms with Gasteiger partial charge in [-0.3, -0.25) is 9.59 Å². The average Bonchev–Trinajstić information content (AvgIpc) is 3.51. The topological polar surface area (TPSA) is 84.7 Å². The number of anilines is 2. The molecule has 0 spiro atoms. The summed E-state index contributed by atoms with van der Waals surface area (Å²) in [7, 11) is 1.72. The van der Waals surface area contributed by atoms with Crippen molar-refractivity contribution in [3.63, 3.8) is 0 Å². The van der Waals surface area contributed by atoms with E-state index in [1.807, 2.05) is 6.07 Å². The molecule has 0 radical (unpaired) electrons. The Morgan fingerprint density at radius 1 is 1.15 bits per heavy atom. The van der Waals surface area contributed by atoms with Crippen molar-refractivity contribution in [1.82, 2.24) is 0 Å². The number of ether oxygens (including phenoxy) is 1. The SMILES string of the molecule is CN(C(=O)C1CC1)c1ccccc1C(=O)Nc1ccc(OCCN)cc1. The van der Waals surface area contributed by atoms with Crippen LogP contribution < -0.4 is 20.7 Å². The van der Waals surface area contributed by atoms with E-state index in [9.17, 15) is 9.59 Å². The van der Waals surface area contributed by atoms with Gasteiger partial charge in [0.05, 0.1) is 11.3 Å². The van der Waals surface area contributed by atoms with Crippen molar-refractivity contribution in [2.24, 2.45) is 11.7 Å². The maximum Gasteiger partial charge on any atom is 0.257 e. The normalized spacial score (nSPS) is 13.2. The molecule has 3 N–H and O–H groups in total. The molecule has 136 valence electrons. The van der Waals surface area contributed by atoms with Crippen molar-refractivity contribution < 1.29 is 14.3 Å².